The van der Waals surface area contributed by atoms with E-state index in [9.17, 15) is 4.39 Å². The molecule has 104 valence electrons. The molecule has 0 aromatic heterocycles. The van der Waals surface area contributed by atoms with Gasteiger partial charge in [-0.05, 0) is 30.3 Å². The van der Waals surface area contributed by atoms with E-state index >= 15 is 0 Å². The molecule has 2 N–H and O–H groups in total. The SMILES string of the molecule is NC[C@@H]1Cc2cc(F)cc(-c3cc(Cl)ccc3Cl)c2O1. The van der Waals surface area contributed by atoms with Crippen LogP contribution in [0.3, 0.4) is 0 Å². The van der Waals surface area contributed by atoms with E-state index in [1.165, 1.54) is 12.1 Å². The normalized spacial score (nSPS) is 16.9. The van der Waals surface area contributed by atoms with E-state index in [0.29, 0.717) is 39.9 Å². The monoisotopic (exact) mass is 311 g/mol. The molecule has 20 heavy (non-hydrogen) atoms. The van der Waals surface area contributed by atoms with Crippen molar-refractivity contribution in [2.45, 2.75) is 12.5 Å². The van der Waals surface area contributed by atoms with Gasteiger partial charge in [0.05, 0.1) is 0 Å². The summed E-state index contributed by atoms with van der Waals surface area (Å²) in [4.78, 5) is 0. The van der Waals surface area contributed by atoms with Gasteiger partial charge >= 0.3 is 0 Å². The zero-order valence-electron chi connectivity index (χ0n) is 10.5. The molecule has 2 nitrogen and oxygen atoms in total. The summed E-state index contributed by atoms with van der Waals surface area (Å²) < 4.78 is 19.6. The Morgan fingerprint density at radius 2 is 2.00 bits per heavy atom. The average Bonchev–Trinajstić information content (AvgIpc) is 2.83. The smallest absolute Gasteiger partial charge is 0.131 e. The molecule has 1 aliphatic rings. The number of nitrogens with two attached hydrogens (primary N) is 1. The van der Waals surface area contributed by atoms with Crippen LogP contribution in [0.2, 0.25) is 10.0 Å². The molecule has 5 heteroatoms. The molecule has 1 heterocycles. The fourth-order valence-corrected chi connectivity index (χ4v) is 2.82. The van der Waals surface area contributed by atoms with Crippen molar-refractivity contribution in [2.75, 3.05) is 6.54 Å². The summed E-state index contributed by atoms with van der Waals surface area (Å²) in [6, 6.07) is 7.97. The van der Waals surface area contributed by atoms with Crippen molar-refractivity contribution in [2.24, 2.45) is 5.73 Å². The number of hydrogen-bond acceptors (Lipinski definition) is 2. The third-order valence-electron chi connectivity index (χ3n) is 3.34. The Labute approximate surface area is 126 Å². The van der Waals surface area contributed by atoms with Gasteiger partial charge in [0.25, 0.3) is 0 Å². The molecule has 0 unspecified atom stereocenters. The van der Waals surface area contributed by atoms with Crippen LogP contribution < -0.4 is 10.5 Å². The first-order chi connectivity index (χ1) is 9.58. The topological polar surface area (TPSA) is 35.2 Å². The van der Waals surface area contributed by atoms with Gasteiger partial charge in [-0.15, -0.1) is 0 Å². The van der Waals surface area contributed by atoms with Crippen molar-refractivity contribution in [1.29, 1.82) is 0 Å². The van der Waals surface area contributed by atoms with Crippen molar-refractivity contribution >= 4 is 23.2 Å². The number of halogens is 3. The highest BCUT2D eigenvalue weighted by Gasteiger charge is 2.26. The van der Waals surface area contributed by atoms with Crippen molar-refractivity contribution < 1.29 is 9.13 Å². The molecular weight excluding hydrogens is 300 g/mol. The van der Waals surface area contributed by atoms with Gasteiger partial charge < -0.3 is 10.5 Å². The maximum absolute atomic E-state index is 13.8. The average molecular weight is 312 g/mol. The molecule has 0 fully saturated rings. The first kappa shape index (κ1) is 13.7. The van der Waals surface area contributed by atoms with E-state index in [-0.39, 0.29) is 11.9 Å². The van der Waals surface area contributed by atoms with E-state index in [1.807, 2.05) is 0 Å². The zero-order valence-corrected chi connectivity index (χ0v) is 12.0. The van der Waals surface area contributed by atoms with Crippen LogP contribution in [0.1, 0.15) is 5.56 Å². The van der Waals surface area contributed by atoms with Crippen molar-refractivity contribution in [3.8, 4) is 16.9 Å². The molecule has 1 atom stereocenters. The van der Waals surface area contributed by atoms with Crippen molar-refractivity contribution in [1.82, 2.24) is 0 Å². The molecule has 0 spiro atoms. The van der Waals surface area contributed by atoms with Crippen LogP contribution in [0.15, 0.2) is 30.3 Å². The molecular formula is C15H12Cl2FNO. The molecule has 2 aromatic carbocycles. The zero-order chi connectivity index (χ0) is 14.3. The van der Waals surface area contributed by atoms with E-state index in [4.69, 9.17) is 33.7 Å². The molecule has 0 amide bonds. The fraction of sp³-hybridized carbons (Fsp3) is 0.200. The van der Waals surface area contributed by atoms with E-state index in [2.05, 4.69) is 0 Å². The van der Waals surface area contributed by atoms with Gasteiger partial charge in [0.1, 0.15) is 17.7 Å². The molecule has 0 radical (unpaired) electrons. The molecule has 0 saturated heterocycles. The van der Waals surface area contributed by atoms with Crippen LogP contribution in [-0.2, 0) is 6.42 Å². The van der Waals surface area contributed by atoms with Gasteiger partial charge in [0.2, 0.25) is 0 Å². The highest BCUT2D eigenvalue weighted by atomic mass is 35.5. The summed E-state index contributed by atoms with van der Waals surface area (Å²) in [6.07, 6.45) is 0.484. The highest BCUT2D eigenvalue weighted by molar-refractivity contribution is 6.35. The summed E-state index contributed by atoms with van der Waals surface area (Å²) in [5, 5.41) is 1.04. The number of ether oxygens (including phenoxy) is 1. The molecule has 3 rings (SSSR count). The Balaban J connectivity index is 2.18. The second kappa shape index (κ2) is 5.24. The van der Waals surface area contributed by atoms with Gasteiger partial charge in [-0.1, -0.05) is 23.2 Å². The Morgan fingerprint density at radius 1 is 1.20 bits per heavy atom. The summed E-state index contributed by atoms with van der Waals surface area (Å²) in [6.45, 7) is 0.388. The van der Waals surface area contributed by atoms with E-state index < -0.39 is 0 Å². The predicted octanol–water partition coefficient (Wildman–Crippen LogP) is 4.06. The lowest BCUT2D eigenvalue weighted by Crippen LogP contribution is -2.24. The van der Waals surface area contributed by atoms with Crippen molar-refractivity contribution in [3.63, 3.8) is 0 Å². The molecule has 2 aromatic rings. The van der Waals surface area contributed by atoms with Crippen LogP contribution in [-0.4, -0.2) is 12.6 Å². The first-order valence-corrected chi connectivity index (χ1v) is 6.98. The summed E-state index contributed by atoms with van der Waals surface area (Å²) in [5.41, 5.74) is 7.71. The second-order valence-corrected chi connectivity index (χ2v) is 5.59. The highest BCUT2D eigenvalue weighted by Crippen LogP contribution is 2.42. The molecule has 1 aliphatic heterocycles. The lowest BCUT2D eigenvalue weighted by atomic mass is 10.00. The van der Waals surface area contributed by atoms with Gasteiger partial charge in [-0.25, -0.2) is 4.39 Å². The Kier molecular flexibility index (Phi) is 3.59. The summed E-state index contributed by atoms with van der Waals surface area (Å²) in [7, 11) is 0. The lowest BCUT2D eigenvalue weighted by molar-refractivity contribution is 0.242. The van der Waals surface area contributed by atoms with Crippen LogP contribution in [0, 0.1) is 5.82 Å². The Morgan fingerprint density at radius 3 is 2.75 bits per heavy atom. The van der Waals surface area contributed by atoms with Crippen LogP contribution in [0.4, 0.5) is 4.39 Å². The van der Waals surface area contributed by atoms with Crippen molar-refractivity contribution in [3.05, 3.63) is 51.8 Å². The third kappa shape index (κ3) is 2.37. The van der Waals surface area contributed by atoms with Crippen LogP contribution in [0.25, 0.3) is 11.1 Å². The maximum Gasteiger partial charge on any atom is 0.131 e. The van der Waals surface area contributed by atoms with E-state index in [0.717, 1.165) is 5.56 Å². The minimum Gasteiger partial charge on any atom is -0.488 e. The Bertz CT molecular complexity index is 675. The van der Waals surface area contributed by atoms with Gasteiger partial charge in [-0.2, -0.15) is 0 Å². The first-order valence-electron chi connectivity index (χ1n) is 6.23. The number of hydrogen-bond donors (Lipinski definition) is 1. The molecule has 0 bridgehead atoms. The number of benzene rings is 2. The lowest BCUT2D eigenvalue weighted by Gasteiger charge is -2.12. The fourth-order valence-electron chi connectivity index (χ4n) is 2.43. The van der Waals surface area contributed by atoms with Crippen LogP contribution in [0.5, 0.6) is 5.75 Å². The molecule has 0 aliphatic carbocycles. The standard InChI is InChI=1S/C15H12Cl2FNO/c16-9-1-2-14(17)12(5-9)13-6-10(18)3-8-4-11(7-19)20-15(8)13/h1-3,5-6,11H,4,7,19H2/t11-/m0/s1. The maximum atomic E-state index is 13.8. The van der Waals surface area contributed by atoms with E-state index in [1.54, 1.807) is 18.2 Å². The largest absolute Gasteiger partial charge is 0.488 e. The van der Waals surface area contributed by atoms with Gasteiger partial charge in [0.15, 0.2) is 0 Å². The minimum absolute atomic E-state index is 0.122. The van der Waals surface area contributed by atoms with Gasteiger partial charge in [0, 0.05) is 39.7 Å². The third-order valence-corrected chi connectivity index (χ3v) is 3.91. The van der Waals surface area contributed by atoms with Crippen LogP contribution >= 0.6 is 23.2 Å². The second-order valence-electron chi connectivity index (χ2n) is 4.75. The minimum atomic E-state index is -0.323. The molecule has 0 saturated carbocycles. The van der Waals surface area contributed by atoms with Gasteiger partial charge in [-0.3, -0.25) is 0 Å². The number of fused-ring (bicyclic) bond motifs is 1. The summed E-state index contributed by atoms with van der Waals surface area (Å²) in [5.74, 6) is 0.321. The number of rotatable bonds is 2. The quantitative estimate of drug-likeness (QED) is 0.907. The Hall–Kier alpha value is -1.29. The summed E-state index contributed by atoms with van der Waals surface area (Å²) >= 11 is 12.2. The predicted molar refractivity (Wildman–Crippen MR) is 79.0 cm³/mol.